The van der Waals surface area contributed by atoms with E-state index in [-0.39, 0.29) is 37.7 Å². The van der Waals surface area contributed by atoms with E-state index in [0.29, 0.717) is 6.54 Å². The molecular weight excluding hydrogens is 316 g/mol. The topological polar surface area (TPSA) is 96.4 Å². The molecule has 0 amide bonds. The number of ether oxygens (including phenoxy) is 2. The first kappa shape index (κ1) is 20.4. The lowest BCUT2D eigenvalue weighted by Gasteiger charge is -2.43. The molecule has 1 rings (SSSR count). The van der Waals surface area contributed by atoms with E-state index in [2.05, 4.69) is 0 Å². The van der Waals surface area contributed by atoms with Gasteiger partial charge in [0.05, 0.1) is 33.9 Å². The molecule has 2 atom stereocenters. The van der Waals surface area contributed by atoms with Gasteiger partial charge in [-0.3, -0.25) is 24.2 Å². The zero-order valence-corrected chi connectivity index (χ0v) is 14.7. The Hall–Kier alpha value is -1.67. The molecule has 0 radical (unpaired) electrons. The van der Waals surface area contributed by atoms with Gasteiger partial charge in [0.2, 0.25) is 0 Å². The van der Waals surface area contributed by atoms with Crippen LogP contribution in [-0.4, -0.2) is 85.3 Å². The maximum absolute atomic E-state index is 11.7. The minimum absolute atomic E-state index is 0.00635. The van der Waals surface area contributed by atoms with Crippen LogP contribution in [0.5, 0.6) is 0 Å². The first-order valence-corrected chi connectivity index (χ1v) is 8.26. The van der Waals surface area contributed by atoms with Crippen molar-refractivity contribution < 1.29 is 29.0 Å². The van der Waals surface area contributed by atoms with Crippen molar-refractivity contribution in [2.75, 3.05) is 40.4 Å². The van der Waals surface area contributed by atoms with E-state index >= 15 is 0 Å². The minimum atomic E-state index is -0.987. The van der Waals surface area contributed by atoms with Crippen LogP contribution in [0.25, 0.3) is 0 Å². The Morgan fingerprint density at radius 3 is 1.79 bits per heavy atom. The lowest BCUT2D eigenvalue weighted by molar-refractivity contribution is -0.148. The largest absolute Gasteiger partial charge is 0.480 e. The summed E-state index contributed by atoms with van der Waals surface area (Å²) in [7, 11) is 2.64. The van der Waals surface area contributed by atoms with E-state index in [9.17, 15) is 19.5 Å². The molecule has 138 valence electrons. The van der Waals surface area contributed by atoms with Gasteiger partial charge in [-0.2, -0.15) is 0 Å². The van der Waals surface area contributed by atoms with Crippen molar-refractivity contribution >= 4 is 17.9 Å². The average Bonchev–Trinajstić information content (AvgIpc) is 2.58. The molecular formula is C16H28N2O6. The maximum Gasteiger partial charge on any atom is 0.319 e. The molecule has 0 aromatic heterocycles. The highest BCUT2D eigenvalue weighted by atomic mass is 16.5. The van der Waals surface area contributed by atoms with Crippen molar-refractivity contribution in [3.05, 3.63) is 0 Å². The van der Waals surface area contributed by atoms with Crippen molar-refractivity contribution in [2.24, 2.45) is 0 Å². The highest BCUT2D eigenvalue weighted by Crippen LogP contribution is 2.27. The fraction of sp³-hybridized carbons (Fsp3) is 0.812. The lowest BCUT2D eigenvalue weighted by atomic mass is 9.87. The van der Waals surface area contributed by atoms with Crippen LogP contribution < -0.4 is 0 Å². The summed E-state index contributed by atoms with van der Waals surface area (Å²) in [6.45, 7) is 2.46. The highest BCUT2D eigenvalue weighted by molar-refractivity contribution is 5.74. The van der Waals surface area contributed by atoms with Gasteiger partial charge in [-0.05, 0) is 19.4 Å². The number of carboxylic acids is 1. The van der Waals surface area contributed by atoms with Crippen LogP contribution in [0.1, 0.15) is 32.6 Å². The molecule has 0 aromatic rings. The summed E-state index contributed by atoms with van der Waals surface area (Å²) >= 11 is 0. The summed E-state index contributed by atoms with van der Waals surface area (Å²) in [5, 5.41) is 9.18. The molecule has 0 unspecified atom stereocenters. The van der Waals surface area contributed by atoms with E-state index in [1.54, 1.807) is 4.90 Å². The van der Waals surface area contributed by atoms with Gasteiger partial charge < -0.3 is 14.6 Å². The summed E-state index contributed by atoms with van der Waals surface area (Å²) in [4.78, 5) is 38.2. The number of likely N-dealkylation sites (N-methyl/N-ethyl adjacent to an activating group) is 1. The quantitative estimate of drug-likeness (QED) is 0.599. The van der Waals surface area contributed by atoms with Crippen LogP contribution in [0.4, 0.5) is 0 Å². The molecule has 1 aliphatic rings. The zero-order valence-electron chi connectivity index (χ0n) is 14.7. The summed E-state index contributed by atoms with van der Waals surface area (Å²) in [5.41, 5.74) is 0. The highest BCUT2D eigenvalue weighted by Gasteiger charge is 2.36. The normalized spacial score (nSPS) is 20.9. The molecule has 0 heterocycles. The Labute approximate surface area is 142 Å². The van der Waals surface area contributed by atoms with Gasteiger partial charge in [0.1, 0.15) is 0 Å². The first-order valence-electron chi connectivity index (χ1n) is 8.26. The van der Waals surface area contributed by atoms with E-state index in [1.807, 2.05) is 11.8 Å². The standard InChI is InChI=1S/C16H28N2O6/c1-4-17(10-15(21)23-2)12-7-5-6-8-13(12)18(9-14(19)20)11-16(22)24-3/h12-13H,4-11H2,1-3H3,(H,19,20)/t12-,13-/m0/s1. The lowest BCUT2D eigenvalue weighted by Crippen LogP contribution is -2.56. The van der Waals surface area contributed by atoms with Crippen LogP contribution in [0.15, 0.2) is 0 Å². The van der Waals surface area contributed by atoms with Crippen LogP contribution in [0.3, 0.4) is 0 Å². The second-order valence-electron chi connectivity index (χ2n) is 5.93. The monoisotopic (exact) mass is 344 g/mol. The number of nitrogens with zero attached hydrogens (tertiary/aromatic N) is 2. The van der Waals surface area contributed by atoms with Crippen molar-refractivity contribution in [3.63, 3.8) is 0 Å². The third-order valence-corrected chi connectivity index (χ3v) is 4.50. The van der Waals surface area contributed by atoms with Crippen molar-refractivity contribution in [3.8, 4) is 0 Å². The Bertz CT molecular complexity index is 442. The smallest absolute Gasteiger partial charge is 0.319 e. The second kappa shape index (κ2) is 10.2. The molecule has 0 spiro atoms. The fourth-order valence-corrected chi connectivity index (χ4v) is 3.33. The molecule has 8 nitrogen and oxygen atoms in total. The van der Waals surface area contributed by atoms with E-state index < -0.39 is 11.9 Å². The number of esters is 2. The van der Waals surface area contributed by atoms with Gasteiger partial charge >= 0.3 is 17.9 Å². The van der Waals surface area contributed by atoms with Gasteiger partial charge in [-0.1, -0.05) is 19.8 Å². The molecule has 0 aromatic carbocycles. The van der Waals surface area contributed by atoms with Gasteiger partial charge in [0.15, 0.2) is 0 Å². The SMILES string of the molecule is CCN(CC(=O)OC)[C@H]1CCCC[C@@H]1N(CC(=O)O)CC(=O)OC. The zero-order chi connectivity index (χ0) is 18.1. The number of carbonyl (C=O) groups excluding carboxylic acids is 2. The Balaban J connectivity index is 2.95. The second-order valence-corrected chi connectivity index (χ2v) is 5.93. The van der Waals surface area contributed by atoms with Gasteiger partial charge in [0.25, 0.3) is 0 Å². The van der Waals surface area contributed by atoms with Crippen molar-refractivity contribution in [2.45, 2.75) is 44.7 Å². The number of hydrogen-bond acceptors (Lipinski definition) is 7. The van der Waals surface area contributed by atoms with Crippen molar-refractivity contribution in [1.29, 1.82) is 0 Å². The molecule has 1 N–H and O–H groups in total. The molecule has 8 heteroatoms. The van der Waals surface area contributed by atoms with E-state index in [4.69, 9.17) is 9.47 Å². The third-order valence-electron chi connectivity index (χ3n) is 4.50. The van der Waals surface area contributed by atoms with Gasteiger partial charge in [-0.25, -0.2) is 0 Å². The Morgan fingerprint density at radius 1 is 0.917 bits per heavy atom. The fourth-order valence-electron chi connectivity index (χ4n) is 3.33. The van der Waals surface area contributed by atoms with E-state index in [1.165, 1.54) is 14.2 Å². The predicted molar refractivity (Wildman–Crippen MR) is 86.5 cm³/mol. The van der Waals surface area contributed by atoms with E-state index in [0.717, 1.165) is 25.7 Å². The molecule has 24 heavy (non-hydrogen) atoms. The summed E-state index contributed by atoms with van der Waals surface area (Å²) in [6.07, 6.45) is 3.62. The van der Waals surface area contributed by atoms with Crippen LogP contribution >= 0.6 is 0 Å². The van der Waals surface area contributed by atoms with Crippen molar-refractivity contribution in [1.82, 2.24) is 9.80 Å². The first-order chi connectivity index (χ1) is 11.4. The molecule has 1 fully saturated rings. The number of methoxy groups -OCH3 is 2. The van der Waals surface area contributed by atoms with Crippen LogP contribution in [0.2, 0.25) is 0 Å². The van der Waals surface area contributed by atoms with Crippen LogP contribution in [-0.2, 0) is 23.9 Å². The minimum Gasteiger partial charge on any atom is -0.480 e. The number of rotatable bonds is 9. The number of carboxylic acid groups (broad SMARTS) is 1. The maximum atomic E-state index is 11.7. The predicted octanol–water partition coefficient (Wildman–Crippen LogP) is 0.352. The Kier molecular flexibility index (Phi) is 8.70. The Morgan fingerprint density at radius 2 is 1.38 bits per heavy atom. The number of hydrogen-bond donors (Lipinski definition) is 1. The number of carbonyl (C=O) groups is 3. The summed E-state index contributed by atoms with van der Waals surface area (Å²) in [6, 6.07) is -0.106. The van der Waals surface area contributed by atoms with Gasteiger partial charge in [-0.15, -0.1) is 0 Å². The average molecular weight is 344 g/mol. The van der Waals surface area contributed by atoms with Gasteiger partial charge in [0, 0.05) is 12.1 Å². The summed E-state index contributed by atoms with van der Waals surface area (Å²) < 4.78 is 9.45. The summed E-state index contributed by atoms with van der Waals surface area (Å²) in [5.74, 6) is -1.77. The molecule has 1 aliphatic carbocycles. The molecule has 0 saturated heterocycles. The van der Waals surface area contributed by atoms with Crippen LogP contribution in [0, 0.1) is 0 Å². The molecule has 0 aliphatic heterocycles. The molecule has 0 bridgehead atoms. The third kappa shape index (κ3) is 6.09. The molecule has 1 saturated carbocycles. The number of aliphatic carboxylic acids is 1.